The summed E-state index contributed by atoms with van der Waals surface area (Å²) in [7, 11) is 0. The number of nitrogens with one attached hydrogen (secondary N) is 4. The number of unbranched alkanes of at least 4 members (excludes halogenated alkanes) is 1. The highest BCUT2D eigenvalue weighted by molar-refractivity contribution is 5.94. The van der Waals surface area contributed by atoms with Gasteiger partial charge in [0.05, 0.1) is 6.04 Å². The molecule has 0 radical (unpaired) electrons. The van der Waals surface area contributed by atoms with Crippen molar-refractivity contribution in [3.8, 4) is 5.75 Å². The van der Waals surface area contributed by atoms with Crippen LogP contribution in [-0.2, 0) is 32.0 Å². The van der Waals surface area contributed by atoms with Gasteiger partial charge in [-0.1, -0.05) is 50.6 Å². The average molecular weight is 595 g/mol. The van der Waals surface area contributed by atoms with Crippen LogP contribution in [0.3, 0.4) is 0 Å². The van der Waals surface area contributed by atoms with Crippen LogP contribution < -0.4 is 27.4 Å². The van der Waals surface area contributed by atoms with Crippen LogP contribution in [0.4, 0.5) is 0 Å². The maximum Gasteiger partial charge on any atom is 0.326 e. The molecule has 3 amide bonds. The molecule has 10 N–H and O–H groups in total. The molecule has 4 atom stereocenters. The minimum atomic E-state index is -1.25. The molecule has 0 aliphatic carbocycles. The van der Waals surface area contributed by atoms with Crippen LogP contribution in [-0.4, -0.2) is 69.6 Å². The van der Waals surface area contributed by atoms with Crippen LogP contribution in [0, 0.1) is 5.92 Å². The first-order valence-electron chi connectivity index (χ1n) is 14.4. The third-order valence-electron chi connectivity index (χ3n) is 7.28. The van der Waals surface area contributed by atoms with Gasteiger partial charge in [0.25, 0.3) is 0 Å². The highest BCUT2D eigenvalue weighted by atomic mass is 16.4. The van der Waals surface area contributed by atoms with Gasteiger partial charge in [-0.15, -0.1) is 0 Å². The van der Waals surface area contributed by atoms with E-state index in [2.05, 4.69) is 20.9 Å². The molecule has 1 aromatic heterocycles. The number of hydrogen-bond acceptors (Lipinski definition) is 7. The fourth-order valence-electron chi connectivity index (χ4n) is 4.77. The van der Waals surface area contributed by atoms with Crippen LogP contribution >= 0.6 is 0 Å². The van der Waals surface area contributed by atoms with E-state index in [1.54, 1.807) is 32.2 Å². The quantitative estimate of drug-likeness (QED) is 0.113. The van der Waals surface area contributed by atoms with E-state index < -0.39 is 53.8 Å². The van der Waals surface area contributed by atoms with E-state index in [9.17, 15) is 29.4 Å². The number of H-pyrrole nitrogens is 1. The minimum absolute atomic E-state index is 0.0332. The van der Waals surface area contributed by atoms with E-state index in [4.69, 9.17) is 11.5 Å². The van der Waals surface area contributed by atoms with E-state index >= 15 is 0 Å². The van der Waals surface area contributed by atoms with Crippen molar-refractivity contribution >= 4 is 34.6 Å². The van der Waals surface area contributed by atoms with E-state index in [0.717, 1.165) is 16.5 Å². The fraction of sp³-hybridized carbons (Fsp3) is 0.419. The Morgan fingerprint density at radius 3 is 2.19 bits per heavy atom. The molecule has 232 valence electrons. The van der Waals surface area contributed by atoms with Gasteiger partial charge in [0, 0.05) is 29.9 Å². The Labute approximate surface area is 250 Å². The number of carbonyl (C=O) groups is 4. The van der Waals surface area contributed by atoms with E-state index in [1.807, 2.05) is 24.3 Å². The average Bonchev–Trinajstić information content (AvgIpc) is 3.38. The van der Waals surface area contributed by atoms with Gasteiger partial charge in [0.15, 0.2) is 0 Å². The largest absolute Gasteiger partial charge is 0.508 e. The third kappa shape index (κ3) is 9.55. The third-order valence-corrected chi connectivity index (χ3v) is 7.28. The Morgan fingerprint density at radius 1 is 0.860 bits per heavy atom. The number of amides is 3. The molecule has 0 aliphatic heterocycles. The van der Waals surface area contributed by atoms with Gasteiger partial charge in [-0.3, -0.25) is 14.4 Å². The number of phenols is 1. The molecule has 12 heteroatoms. The first kappa shape index (κ1) is 33.1. The molecular weight excluding hydrogens is 552 g/mol. The Kier molecular flexibility index (Phi) is 12.1. The fourth-order valence-corrected chi connectivity index (χ4v) is 4.77. The lowest BCUT2D eigenvalue weighted by Gasteiger charge is -2.27. The topological polar surface area (TPSA) is 213 Å². The zero-order valence-corrected chi connectivity index (χ0v) is 24.5. The van der Waals surface area contributed by atoms with Crippen molar-refractivity contribution in [1.29, 1.82) is 0 Å². The van der Waals surface area contributed by atoms with Gasteiger partial charge in [0.2, 0.25) is 17.7 Å². The highest BCUT2D eigenvalue weighted by Gasteiger charge is 2.32. The summed E-state index contributed by atoms with van der Waals surface area (Å²) in [4.78, 5) is 55.0. The highest BCUT2D eigenvalue weighted by Crippen LogP contribution is 2.19. The van der Waals surface area contributed by atoms with Gasteiger partial charge < -0.3 is 42.6 Å². The normalized spacial score (nSPS) is 14.1. The Morgan fingerprint density at radius 2 is 1.53 bits per heavy atom. The summed E-state index contributed by atoms with van der Waals surface area (Å²) < 4.78 is 0. The molecule has 0 saturated carbocycles. The number of rotatable bonds is 16. The molecule has 4 unspecified atom stereocenters. The van der Waals surface area contributed by atoms with Crippen molar-refractivity contribution in [2.24, 2.45) is 17.4 Å². The molecule has 3 aromatic rings. The van der Waals surface area contributed by atoms with Crippen molar-refractivity contribution in [2.75, 3.05) is 6.54 Å². The van der Waals surface area contributed by atoms with Crippen molar-refractivity contribution in [3.05, 3.63) is 65.9 Å². The monoisotopic (exact) mass is 594 g/mol. The Bertz CT molecular complexity index is 1390. The molecule has 12 nitrogen and oxygen atoms in total. The number of benzene rings is 2. The van der Waals surface area contributed by atoms with Crippen LogP contribution in [0.15, 0.2) is 54.7 Å². The minimum Gasteiger partial charge on any atom is -0.508 e. The number of phenolic OH excluding ortho intramolecular Hbond substituents is 1. The predicted molar refractivity (Wildman–Crippen MR) is 163 cm³/mol. The summed E-state index contributed by atoms with van der Waals surface area (Å²) in [6.07, 6.45) is 3.57. The number of aromatic hydroxyl groups is 1. The molecule has 0 fully saturated rings. The lowest BCUT2D eigenvalue weighted by Crippen LogP contribution is -2.59. The summed E-state index contributed by atoms with van der Waals surface area (Å²) >= 11 is 0. The van der Waals surface area contributed by atoms with Crippen molar-refractivity contribution < 1.29 is 29.4 Å². The molecule has 3 rings (SSSR count). The molecule has 0 bridgehead atoms. The summed E-state index contributed by atoms with van der Waals surface area (Å²) in [5.74, 6) is -3.39. The number of hydrogen-bond donors (Lipinski definition) is 8. The number of carboxylic acids is 1. The SMILES string of the molecule is CC(C)C(NC(=O)C(Cc1ccc(O)cc1)NC(=O)C(N)CCCCN)C(=O)NC(Cc1c[nH]c2ccccc12)C(=O)O. The first-order valence-corrected chi connectivity index (χ1v) is 14.4. The zero-order valence-electron chi connectivity index (χ0n) is 24.5. The van der Waals surface area contributed by atoms with Crippen LogP contribution in [0.1, 0.15) is 44.2 Å². The summed E-state index contributed by atoms with van der Waals surface area (Å²) in [5, 5.41) is 28.4. The number of para-hydroxylation sites is 1. The van der Waals surface area contributed by atoms with Gasteiger partial charge >= 0.3 is 5.97 Å². The van der Waals surface area contributed by atoms with Crippen LogP contribution in [0.25, 0.3) is 10.9 Å². The van der Waals surface area contributed by atoms with E-state index in [-0.39, 0.29) is 18.6 Å². The van der Waals surface area contributed by atoms with Crippen LogP contribution in [0.2, 0.25) is 0 Å². The number of aromatic nitrogens is 1. The second-order valence-corrected chi connectivity index (χ2v) is 11.0. The van der Waals surface area contributed by atoms with Crippen molar-refractivity contribution in [1.82, 2.24) is 20.9 Å². The molecule has 2 aromatic carbocycles. The molecule has 0 spiro atoms. The van der Waals surface area contributed by atoms with Gasteiger partial charge in [-0.2, -0.15) is 0 Å². The predicted octanol–water partition coefficient (Wildman–Crippen LogP) is 1.31. The number of carbonyl (C=O) groups excluding carboxylic acids is 3. The molecule has 0 aliphatic rings. The Balaban J connectivity index is 1.75. The van der Waals surface area contributed by atoms with E-state index in [0.29, 0.717) is 31.4 Å². The summed E-state index contributed by atoms with van der Waals surface area (Å²) in [6.45, 7) is 3.92. The summed E-state index contributed by atoms with van der Waals surface area (Å²) in [5.41, 5.74) is 13.8. The lowest BCUT2D eigenvalue weighted by atomic mass is 9.99. The smallest absolute Gasteiger partial charge is 0.326 e. The molecule has 1 heterocycles. The molecular formula is C31H42N6O6. The Hall–Kier alpha value is -4.42. The second kappa shape index (κ2) is 15.7. The standard InChI is InChI=1S/C31H42N6O6/c1-18(2)27(30(41)36-26(31(42)43)16-20-17-34-24-9-4-3-7-22(20)24)37-29(40)25(15-19-10-12-21(38)13-11-19)35-28(39)23(33)8-5-6-14-32/h3-4,7,9-13,17-18,23,25-27,34,38H,5-6,8,14-16,32-33H2,1-2H3,(H,35,39)(H,36,41)(H,37,40)(H,42,43). The number of fused-ring (bicyclic) bond motifs is 1. The second-order valence-electron chi connectivity index (χ2n) is 11.0. The maximum absolute atomic E-state index is 13.5. The van der Waals surface area contributed by atoms with E-state index in [1.165, 1.54) is 12.1 Å². The number of aromatic amines is 1. The van der Waals surface area contributed by atoms with Gasteiger partial charge in [0.1, 0.15) is 23.9 Å². The van der Waals surface area contributed by atoms with Crippen molar-refractivity contribution in [3.63, 3.8) is 0 Å². The molecule has 43 heavy (non-hydrogen) atoms. The van der Waals surface area contributed by atoms with Crippen LogP contribution in [0.5, 0.6) is 5.75 Å². The van der Waals surface area contributed by atoms with Gasteiger partial charge in [-0.05, 0) is 54.6 Å². The molecule has 0 saturated heterocycles. The lowest BCUT2D eigenvalue weighted by molar-refractivity contribution is -0.142. The zero-order chi connectivity index (χ0) is 31.5. The van der Waals surface area contributed by atoms with Crippen molar-refractivity contribution in [2.45, 2.75) is 70.1 Å². The number of nitrogens with two attached hydrogens (primary N) is 2. The first-order chi connectivity index (χ1) is 20.5. The van der Waals surface area contributed by atoms with Gasteiger partial charge in [-0.25, -0.2) is 4.79 Å². The maximum atomic E-state index is 13.5. The summed E-state index contributed by atoms with van der Waals surface area (Å²) in [6, 6.07) is 9.35. The number of aliphatic carboxylic acids is 1. The number of carboxylic acid groups (broad SMARTS) is 1.